The zero-order valence-electron chi connectivity index (χ0n) is 15.5. The summed E-state index contributed by atoms with van der Waals surface area (Å²) in [6.07, 6.45) is -5.81. The molecule has 2 heterocycles. The second-order valence-electron chi connectivity index (χ2n) is 6.55. The van der Waals surface area contributed by atoms with E-state index in [1.165, 1.54) is 13.1 Å². The maximum atomic E-state index is 13.1. The Morgan fingerprint density at radius 2 is 1.77 bits per heavy atom. The van der Waals surface area contributed by atoms with E-state index in [-0.39, 0.29) is 5.69 Å². The molecule has 7 nitrogen and oxygen atoms in total. The summed E-state index contributed by atoms with van der Waals surface area (Å²) in [5.74, 6) is -1.27. The number of alkyl halides is 6. The predicted octanol–water partition coefficient (Wildman–Crippen LogP) is 3.53. The molecule has 1 aromatic rings. The van der Waals surface area contributed by atoms with Crippen LogP contribution in [0.4, 0.5) is 23.7 Å². The van der Waals surface area contributed by atoms with Crippen molar-refractivity contribution in [2.45, 2.75) is 16.1 Å². The van der Waals surface area contributed by atoms with Crippen molar-refractivity contribution in [1.82, 2.24) is 9.80 Å². The van der Waals surface area contributed by atoms with E-state index in [0.717, 1.165) is 28.0 Å². The maximum Gasteiger partial charge on any atom is 0.416 e. The minimum absolute atomic E-state index is 0.184. The number of halogens is 6. The monoisotopic (exact) mass is 486 g/mol. The van der Waals surface area contributed by atoms with Crippen molar-refractivity contribution in [2.75, 3.05) is 38.3 Å². The summed E-state index contributed by atoms with van der Waals surface area (Å²) in [6, 6.07) is 3.11. The number of amides is 3. The van der Waals surface area contributed by atoms with Crippen LogP contribution in [0.2, 0.25) is 0 Å². The predicted molar refractivity (Wildman–Crippen MR) is 106 cm³/mol. The molecule has 2 aliphatic heterocycles. The lowest BCUT2D eigenvalue weighted by atomic mass is 10.2. The fourth-order valence-corrected chi connectivity index (χ4v) is 3.60. The first-order valence-electron chi connectivity index (χ1n) is 8.67. The topological polar surface area (TPSA) is 65.5 Å². The van der Waals surface area contributed by atoms with Crippen LogP contribution in [-0.4, -0.2) is 70.9 Å². The third-order valence-corrected chi connectivity index (χ3v) is 5.13. The number of urea groups is 1. The first kappa shape index (κ1) is 23.1. The van der Waals surface area contributed by atoms with E-state index in [2.05, 4.69) is 4.99 Å². The van der Waals surface area contributed by atoms with E-state index >= 15 is 0 Å². The van der Waals surface area contributed by atoms with Gasteiger partial charge in [0.05, 0.1) is 24.5 Å². The van der Waals surface area contributed by atoms with E-state index in [9.17, 15) is 22.8 Å². The Morgan fingerprint density at radius 3 is 2.33 bits per heavy atom. The minimum Gasteiger partial charge on any atom is -0.379 e. The number of amidine groups is 1. The van der Waals surface area contributed by atoms with E-state index in [0.29, 0.717) is 26.3 Å². The summed E-state index contributed by atoms with van der Waals surface area (Å²) in [5.41, 5.74) is -1.17. The van der Waals surface area contributed by atoms with Crippen molar-refractivity contribution in [2.24, 2.45) is 4.99 Å². The van der Waals surface area contributed by atoms with Gasteiger partial charge in [-0.3, -0.25) is 14.6 Å². The molecule has 2 saturated heterocycles. The molecule has 0 radical (unpaired) electrons. The molecular formula is C17H16Cl3F3N4O3. The van der Waals surface area contributed by atoms with Gasteiger partial charge in [-0.1, -0.05) is 40.9 Å². The van der Waals surface area contributed by atoms with Gasteiger partial charge in [0.2, 0.25) is 9.63 Å². The van der Waals surface area contributed by atoms with Crippen molar-refractivity contribution in [3.63, 3.8) is 0 Å². The van der Waals surface area contributed by atoms with Crippen LogP contribution in [0.3, 0.4) is 0 Å². The molecule has 3 rings (SSSR count). The molecule has 0 aromatic heterocycles. The Bertz CT molecular complexity index is 870. The lowest BCUT2D eigenvalue weighted by Crippen LogP contribution is -2.49. The fourth-order valence-electron chi connectivity index (χ4n) is 3.04. The summed E-state index contributed by atoms with van der Waals surface area (Å²) in [4.78, 5) is 32.7. The number of rotatable bonds is 3. The summed E-state index contributed by atoms with van der Waals surface area (Å²) in [7, 11) is 1.19. The van der Waals surface area contributed by atoms with Crippen LogP contribution in [0.15, 0.2) is 29.3 Å². The second kappa shape index (κ2) is 8.51. The average Bonchev–Trinajstić information content (AvgIpc) is 2.89. The van der Waals surface area contributed by atoms with Crippen LogP contribution in [0, 0.1) is 0 Å². The number of carbonyl (C=O) groups is 2. The molecule has 2 fully saturated rings. The summed E-state index contributed by atoms with van der Waals surface area (Å²) in [6.45, 7) is 1.37. The quantitative estimate of drug-likeness (QED) is 0.483. The van der Waals surface area contributed by atoms with Gasteiger partial charge in [-0.25, -0.2) is 14.7 Å². The largest absolute Gasteiger partial charge is 0.416 e. The molecule has 0 saturated carbocycles. The highest BCUT2D eigenvalue weighted by atomic mass is 35.6. The molecule has 3 amide bonds. The second-order valence-corrected chi connectivity index (χ2v) is 8.92. The molecule has 1 aromatic carbocycles. The number of hydrogen-bond acceptors (Lipinski definition) is 5. The fraction of sp³-hybridized carbons (Fsp3) is 0.471. The highest BCUT2D eigenvalue weighted by Gasteiger charge is 2.45. The smallest absolute Gasteiger partial charge is 0.379 e. The first-order chi connectivity index (χ1) is 13.9. The van der Waals surface area contributed by atoms with Gasteiger partial charge in [0.15, 0.2) is 6.17 Å². The van der Waals surface area contributed by atoms with Crippen LogP contribution in [-0.2, 0) is 15.7 Å². The van der Waals surface area contributed by atoms with Crippen LogP contribution in [0.5, 0.6) is 0 Å². The highest BCUT2D eigenvalue weighted by Crippen LogP contribution is 2.37. The number of morpholine rings is 1. The molecule has 0 aliphatic carbocycles. The molecule has 0 N–H and O–H groups in total. The Kier molecular flexibility index (Phi) is 6.54. The van der Waals surface area contributed by atoms with Gasteiger partial charge < -0.3 is 4.74 Å². The molecule has 0 bridgehead atoms. The molecule has 1 atom stereocenters. The Morgan fingerprint density at radius 1 is 1.13 bits per heavy atom. The molecule has 13 heteroatoms. The van der Waals surface area contributed by atoms with Gasteiger partial charge in [0, 0.05) is 20.1 Å². The number of aliphatic imine (C=N–C) groups is 1. The van der Waals surface area contributed by atoms with Crippen molar-refractivity contribution < 1.29 is 27.5 Å². The molecule has 164 valence electrons. The van der Waals surface area contributed by atoms with E-state index in [1.807, 2.05) is 0 Å². The van der Waals surface area contributed by atoms with Crippen molar-refractivity contribution in [3.05, 3.63) is 29.8 Å². The SMILES string of the molecule is CN1C(=O)C(=NC(N2CCOCC2)C(Cl)(Cl)Cl)N(c2cccc(C(F)(F)F)c2)C1=O. The summed E-state index contributed by atoms with van der Waals surface area (Å²) < 4.78 is 42.7. The maximum absolute atomic E-state index is 13.1. The third kappa shape index (κ3) is 4.67. The molecule has 1 unspecified atom stereocenters. The van der Waals surface area contributed by atoms with E-state index in [1.54, 1.807) is 4.90 Å². The normalized spacial score (nSPS) is 21.6. The molecule has 30 heavy (non-hydrogen) atoms. The molecule has 2 aliphatic rings. The number of likely N-dealkylation sites (N-methyl/N-ethyl adjacent to an activating group) is 1. The van der Waals surface area contributed by atoms with Gasteiger partial charge in [-0.2, -0.15) is 13.2 Å². The van der Waals surface area contributed by atoms with Crippen LogP contribution < -0.4 is 4.90 Å². The molecule has 0 spiro atoms. The van der Waals surface area contributed by atoms with E-state index < -0.39 is 39.5 Å². The minimum atomic E-state index is -4.64. The summed E-state index contributed by atoms with van der Waals surface area (Å²) in [5, 5.41) is 0. The number of ether oxygens (including phenoxy) is 1. The average molecular weight is 488 g/mol. The zero-order chi connectivity index (χ0) is 22.3. The number of nitrogens with zero attached hydrogens (tertiary/aromatic N) is 4. The highest BCUT2D eigenvalue weighted by molar-refractivity contribution is 6.68. The summed E-state index contributed by atoms with van der Waals surface area (Å²) >= 11 is 18.2. The van der Waals surface area contributed by atoms with Crippen LogP contribution in [0.25, 0.3) is 0 Å². The van der Waals surface area contributed by atoms with Crippen molar-refractivity contribution in [1.29, 1.82) is 0 Å². The lowest BCUT2D eigenvalue weighted by Gasteiger charge is -2.35. The Hall–Kier alpha value is -1.59. The first-order valence-corrected chi connectivity index (χ1v) is 9.80. The zero-order valence-corrected chi connectivity index (χ0v) is 17.8. The van der Waals surface area contributed by atoms with Crippen LogP contribution >= 0.6 is 34.8 Å². The number of anilines is 1. The number of hydrogen-bond donors (Lipinski definition) is 0. The van der Waals surface area contributed by atoms with Gasteiger partial charge in [0.1, 0.15) is 0 Å². The Balaban J connectivity index is 2.08. The van der Waals surface area contributed by atoms with Crippen molar-refractivity contribution in [3.8, 4) is 0 Å². The van der Waals surface area contributed by atoms with Crippen molar-refractivity contribution >= 4 is 58.3 Å². The van der Waals surface area contributed by atoms with Gasteiger partial charge in [0.25, 0.3) is 5.91 Å². The number of imide groups is 1. The van der Waals surface area contributed by atoms with E-state index in [4.69, 9.17) is 39.5 Å². The third-order valence-electron chi connectivity index (χ3n) is 4.55. The number of benzene rings is 1. The van der Waals surface area contributed by atoms with Crippen LogP contribution in [0.1, 0.15) is 5.56 Å². The lowest BCUT2D eigenvalue weighted by molar-refractivity contribution is -0.137. The van der Waals surface area contributed by atoms with Gasteiger partial charge in [-0.15, -0.1) is 0 Å². The number of carbonyl (C=O) groups excluding carboxylic acids is 2. The van der Waals surface area contributed by atoms with Gasteiger partial charge >= 0.3 is 12.2 Å². The van der Waals surface area contributed by atoms with Gasteiger partial charge in [-0.05, 0) is 18.2 Å². The standard InChI is InChI=1S/C17H16Cl3F3N4O3/c1-25-13(28)12(24-14(16(18,19)20)26-5-7-30-8-6-26)27(15(25)29)11-4-2-3-10(9-11)17(21,22)23/h2-4,9,14H,5-8H2,1H3. The molecular weight excluding hydrogens is 472 g/mol. The Labute approximate surface area is 184 Å².